The van der Waals surface area contributed by atoms with Crippen LogP contribution < -0.4 is 10.6 Å². The maximum absolute atomic E-state index is 7.77. The lowest BCUT2D eigenvalue weighted by molar-refractivity contribution is 0.213. The third-order valence-corrected chi connectivity index (χ3v) is 4.09. The summed E-state index contributed by atoms with van der Waals surface area (Å²) in [5.41, 5.74) is 8.93. The first-order valence-electron chi connectivity index (χ1n) is 6.93. The van der Waals surface area contributed by atoms with E-state index in [-0.39, 0.29) is 5.84 Å². The standard InChI is InChI=1S/C15H24N4/c1-4-12-10-19(9-8-18(12)3)14-11(2)6-5-7-13(14)15(16)17/h5-7,12H,4,8-10H2,1-3H3,(H3,16,17). The zero-order valence-electron chi connectivity index (χ0n) is 12.1. The molecular weight excluding hydrogens is 236 g/mol. The first kappa shape index (κ1) is 13.9. The highest BCUT2D eigenvalue weighted by atomic mass is 15.3. The molecule has 1 unspecified atom stereocenters. The maximum atomic E-state index is 7.77. The van der Waals surface area contributed by atoms with Gasteiger partial charge in [-0.15, -0.1) is 0 Å². The quantitative estimate of drug-likeness (QED) is 0.644. The molecule has 3 N–H and O–H groups in total. The molecule has 1 atom stereocenters. The molecule has 1 fully saturated rings. The largest absolute Gasteiger partial charge is 0.384 e. The molecule has 104 valence electrons. The first-order chi connectivity index (χ1) is 9.04. The van der Waals surface area contributed by atoms with Crippen LogP contribution in [0.5, 0.6) is 0 Å². The molecule has 19 heavy (non-hydrogen) atoms. The summed E-state index contributed by atoms with van der Waals surface area (Å²) < 4.78 is 0. The van der Waals surface area contributed by atoms with Crippen LogP contribution in [0.3, 0.4) is 0 Å². The number of piperazine rings is 1. The fourth-order valence-corrected chi connectivity index (χ4v) is 2.89. The summed E-state index contributed by atoms with van der Waals surface area (Å²) in [4.78, 5) is 4.81. The average molecular weight is 260 g/mol. The molecule has 1 aliphatic rings. The summed E-state index contributed by atoms with van der Waals surface area (Å²) in [7, 11) is 2.19. The molecular formula is C15H24N4. The molecule has 0 spiro atoms. The van der Waals surface area contributed by atoms with Crippen molar-refractivity contribution in [2.45, 2.75) is 26.3 Å². The summed E-state index contributed by atoms with van der Waals surface area (Å²) in [5.74, 6) is 0.158. The molecule has 1 aromatic carbocycles. The fourth-order valence-electron chi connectivity index (χ4n) is 2.89. The second-order valence-corrected chi connectivity index (χ2v) is 5.37. The minimum atomic E-state index is 0.158. The minimum absolute atomic E-state index is 0.158. The molecule has 4 heteroatoms. The molecule has 1 heterocycles. The molecule has 1 saturated heterocycles. The van der Waals surface area contributed by atoms with E-state index >= 15 is 0 Å². The number of nitrogen functional groups attached to an aromatic ring is 1. The van der Waals surface area contributed by atoms with E-state index in [4.69, 9.17) is 11.1 Å². The number of hydrogen-bond acceptors (Lipinski definition) is 3. The number of benzene rings is 1. The van der Waals surface area contributed by atoms with Crippen molar-refractivity contribution in [3.8, 4) is 0 Å². The van der Waals surface area contributed by atoms with Crippen molar-refractivity contribution in [1.82, 2.24) is 4.90 Å². The molecule has 0 aliphatic carbocycles. The predicted octanol–water partition coefficient (Wildman–Crippen LogP) is 1.81. The van der Waals surface area contributed by atoms with Crippen LogP contribution in [0.2, 0.25) is 0 Å². The normalized spacial score (nSPS) is 20.6. The van der Waals surface area contributed by atoms with Gasteiger partial charge in [0.15, 0.2) is 0 Å². The predicted molar refractivity (Wildman–Crippen MR) is 81.1 cm³/mol. The van der Waals surface area contributed by atoms with Gasteiger partial charge in [-0.3, -0.25) is 10.3 Å². The van der Waals surface area contributed by atoms with Crippen LogP contribution in [-0.4, -0.2) is 43.5 Å². The van der Waals surface area contributed by atoms with Gasteiger partial charge in [0.25, 0.3) is 0 Å². The van der Waals surface area contributed by atoms with Gasteiger partial charge < -0.3 is 10.6 Å². The number of anilines is 1. The highest BCUT2D eigenvalue weighted by Gasteiger charge is 2.25. The van der Waals surface area contributed by atoms with Gasteiger partial charge in [-0.1, -0.05) is 19.1 Å². The smallest absolute Gasteiger partial charge is 0.124 e. The second-order valence-electron chi connectivity index (χ2n) is 5.37. The Bertz CT molecular complexity index is 469. The molecule has 0 saturated carbocycles. The van der Waals surface area contributed by atoms with Gasteiger partial charge in [-0.05, 0) is 32.0 Å². The minimum Gasteiger partial charge on any atom is -0.384 e. The van der Waals surface area contributed by atoms with Crippen LogP contribution in [0, 0.1) is 12.3 Å². The third-order valence-electron chi connectivity index (χ3n) is 4.09. The lowest BCUT2D eigenvalue weighted by Gasteiger charge is -2.41. The SMILES string of the molecule is CCC1CN(c2c(C)cccc2C(=N)N)CCN1C. The van der Waals surface area contributed by atoms with Crippen LogP contribution in [-0.2, 0) is 0 Å². The number of para-hydroxylation sites is 1. The number of likely N-dealkylation sites (N-methyl/N-ethyl adjacent to an activating group) is 1. The first-order valence-corrected chi connectivity index (χ1v) is 6.93. The Kier molecular flexibility index (Phi) is 4.10. The van der Waals surface area contributed by atoms with Crippen LogP contribution in [0.1, 0.15) is 24.5 Å². The fraction of sp³-hybridized carbons (Fsp3) is 0.533. The van der Waals surface area contributed by atoms with Crippen molar-refractivity contribution in [3.63, 3.8) is 0 Å². The Morgan fingerprint density at radius 1 is 1.42 bits per heavy atom. The second kappa shape index (κ2) is 5.61. The van der Waals surface area contributed by atoms with Crippen molar-refractivity contribution >= 4 is 11.5 Å². The summed E-state index contributed by atoms with van der Waals surface area (Å²) in [6.45, 7) is 7.40. The van der Waals surface area contributed by atoms with E-state index in [2.05, 4.69) is 36.8 Å². The zero-order valence-corrected chi connectivity index (χ0v) is 12.1. The van der Waals surface area contributed by atoms with E-state index in [1.165, 1.54) is 5.56 Å². The zero-order chi connectivity index (χ0) is 14.0. The van der Waals surface area contributed by atoms with Gasteiger partial charge in [0.1, 0.15) is 5.84 Å². The number of nitrogens with two attached hydrogens (primary N) is 1. The van der Waals surface area contributed by atoms with E-state index in [0.717, 1.165) is 37.3 Å². The molecule has 0 bridgehead atoms. The molecule has 2 rings (SSSR count). The Hall–Kier alpha value is -1.55. The van der Waals surface area contributed by atoms with Crippen LogP contribution in [0.15, 0.2) is 18.2 Å². The topological polar surface area (TPSA) is 56.4 Å². The van der Waals surface area contributed by atoms with Gasteiger partial charge in [-0.2, -0.15) is 0 Å². The van der Waals surface area contributed by atoms with Gasteiger partial charge in [0, 0.05) is 31.2 Å². The van der Waals surface area contributed by atoms with Crippen molar-refractivity contribution in [2.24, 2.45) is 5.73 Å². The van der Waals surface area contributed by atoms with Crippen molar-refractivity contribution in [3.05, 3.63) is 29.3 Å². The van der Waals surface area contributed by atoms with E-state index in [0.29, 0.717) is 6.04 Å². The van der Waals surface area contributed by atoms with Gasteiger partial charge in [-0.25, -0.2) is 0 Å². The lowest BCUT2D eigenvalue weighted by atomic mass is 10.0. The Morgan fingerprint density at radius 2 is 2.16 bits per heavy atom. The third kappa shape index (κ3) is 2.73. The Labute approximate surface area is 115 Å². The number of nitrogens with zero attached hydrogens (tertiary/aromatic N) is 2. The number of aryl methyl sites for hydroxylation is 1. The van der Waals surface area contributed by atoms with Crippen LogP contribution in [0.25, 0.3) is 0 Å². The monoisotopic (exact) mass is 260 g/mol. The molecule has 0 aromatic heterocycles. The van der Waals surface area contributed by atoms with E-state index in [9.17, 15) is 0 Å². The number of hydrogen-bond donors (Lipinski definition) is 2. The highest BCUT2D eigenvalue weighted by Crippen LogP contribution is 2.27. The number of amidine groups is 1. The van der Waals surface area contributed by atoms with Crippen LogP contribution >= 0.6 is 0 Å². The van der Waals surface area contributed by atoms with E-state index < -0.39 is 0 Å². The molecule has 1 aliphatic heterocycles. The van der Waals surface area contributed by atoms with Gasteiger partial charge in [0.05, 0.1) is 5.69 Å². The molecule has 0 radical (unpaired) electrons. The molecule has 4 nitrogen and oxygen atoms in total. The van der Waals surface area contributed by atoms with E-state index in [1.54, 1.807) is 0 Å². The average Bonchev–Trinajstić information content (AvgIpc) is 2.39. The lowest BCUT2D eigenvalue weighted by Crippen LogP contribution is -2.51. The summed E-state index contributed by atoms with van der Waals surface area (Å²) in [6, 6.07) is 6.60. The Balaban J connectivity index is 2.34. The van der Waals surface area contributed by atoms with Gasteiger partial charge in [0.2, 0.25) is 0 Å². The molecule has 0 amide bonds. The number of rotatable bonds is 3. The van der Waals surface area contributed by atoms with E-state index in [1.807, 2.05) is 12.1 Å². The van der Waals surface area contributed by atoms with Crippen molar-refractivity contribution in [1.29, 1.82) is 5.41 Å². The Morgan fingerprint density at radius 3 is 2.79 bits per heavy atom. The van der Waals surface area contributed by atoms with Gasteiger partial charge >= 0.3 is 0 Å². The highest BCUT2D eigenvalue weighted by molar-refractivity contribution is 6.01. The summed E-state index contributed by atoms with van der Waals surface area (Å²) >= 11 is 0. The molecule has 1 aromatic rings. The maximum Gasteiger partial charge on any atom is 0.124 e. The van der Waals surface area contributed by atoms with Crippen molar-refractivity contribution in [2.75, 3.05) is 31.6 Å². The summed E-state index contributed by atoms with van der Waals surface area (Å²) in [6.07, 6.45) is 1.15. The summed E-state index contributed by atoms with van der Waals surface area (Å²) in [5, 5.41) is 7.77. The van der Waals surface area contributed by atoms with Crippen LogP contribution in [0.4, 0.5) is 5.69 Å². The number of nitrogens with one attached hydrogen (secondary N) is 1. The van der Waals surface area contributed by atoms with Crippen molar-refractivity contribution < 1.29 is 0 Å².